The lowest BCUT2D eigenvalue weighted by atomic mass is 10.1. The molecule has 1 rings (SSSR count). The summed E-state index contributed by atoms with van der Waals surface area (Å²) < 4.78 is 10.2. The summed E-state index contributed by atoms with van der Waals surface area (Å²) in [6.45, 7) is 8.02. The number of rotatable bonds is 5. The Hall–Kier alpha value is -1.67. The van der Waals surface area contributed by atoms with Gasteiger partial charge >= 0.3 is 0 Å². The van der Waals surface area contributed by atoms with Gasteiger partial charge < -0.3 is 14.6 Å². The smallest absolute Gasteiger partial charge is 0.275 e. The number of carbonyl (C=O) groups is 1. The number of aryl methyl sites for hydroxylation is 1. The topological polar surface area (TPSA) is 88.4 Å². The van der Waals surface area contributed by atoms with Crippen LogP contribution in [-0.2, 0) is 4.74 Å². The molecule has 0 saturated carbocycles. The van der Waals surface area contributed by atoms with Gasteiger partial charge in [0.25, 0.3) is 5.91 Å². The van der Waals surface area contributed by atoms with Gasteiger partial charge in [-0.2, -0.15) is 0 Å². The van der Waals surface area contributed by atoms with Crippen LogP contribution < -0.4 is 16.2 Å². The van der Waals surface area contributed by atoms with E-state index in [1.165, 1.54) is 0 Å². The van der Waals surface area contributed by atoms with Crippen LogP contribution in [-0.4, -0.2) is 35.9 Å². The van der Waals surface area contributed by atoms with Crippen LogP contribution in [0.25, 0.3) is 0 Å². The number of aromatic nitrogens is 1. The molecule has 1 aromatic rings. The molecule has 1 atom stereocenters. The van der Waals surface area contributed by atoms with Gasteiger partial charge in [-0.25, -0.2) is 0 Å². The molecule has 0 radical (unpaired) electrons. The van der Waals surface area contributed by atoms with Crippen LogP contribution in [0.5, 0.6) is 0 Å². The van der Waals surface area contributed by atoms with Gasteiger partial charge in [0.15, 0.2) is 10.9 Å². The number of nitrogens with one attached hydrogen (secondary N) is 3. The van der Waals surface area contributed by atoms with E-state index in [1.54, 1.807) is 14.0 Å². The molecule has 0 spiro atoms. The zero-order valence-corrected chi connectivity index (χ0v) is 13.8. The first-order chi connectivity index (χ1) is 9.86. The predicted molar refractivity (Wildman–Crippen MR) is 83.0 cm³/mol. The van der Waals surface area contributed by atoms with Crippen molar-refractivity contribution in [3.63, 3.8) is 0 Å². The monoisotopic (exact) mass is 314 g/mol. The van der Waals surface area contributed by atoms with Crippen LogP contribution in [0, 0.1) is 6.92 Å². The lowest BCUT2D eigenvalue weighted by Gasteiger charge is -2.16. The van der Waals surface area contributed by atoms with E-state index in [9.17, 15) is 4.79 Å². The fourth-order valence-corrected chi connectivity index (χ4v) is 2.04. The number of nitrogens with zero attached hydrogens (tertiary/aromatic N) is 1. The van der Waals surface area contributed by atoms with Crippen molar-refractivity contribution in [1.82, 2.24) is 21.3 Å². The molecular formula is C13H22N4O3S. The molecule has 1 aromatic heterocycles. The van der Waals surface area contributed by atoms with Crippen molar-refractivity contribution in [2.24, 2.45) is 0 Å². The fourth-order valence-electron chi connectivity index (χ4n) is 1.79. The third-order valence-corrected chi connectivity index (χ3v) is 2.94. The van der Waals surface area contributed by atoms with Crippen molar-refractivity contribution in [3.8, 4) is 0 Å². The number of carbonyl (C=O) groups excluding carboxylic acids is 1. The van der Waals surface area contributed by atoms with Gasteiger partial charge in [-0.3, -0.25) is 15.6 Å². The number of hydrogen-bond donors (Lipinski definition) is 3. The van der Waals surface area contributed by atoms with E-state index in [4.69, 9.17) is 21.5 Å². The van der Waals surface area contributed by atoms with Gasteiger partial charge in [0, 0.05) is 19.1 Å². The number of thiocarbonyl (C=S) groups is 1. The summed E-state index contributed by atoms with van der Waals surface area (Å²) in [4.78, 5) is 12.2. The largest absolute Gasteiger partial charge is 0.383 e. The first kappa shape index (κ1) is 17.4. The minimum atomic E-state index is -0.332. The highest BCUT2D eigenvalue weighted by Crippen LogP contribution is 2.21. The standard InChI is InChI=1S/C13H22N4O3S/c1-7(2)11-10(9(4)17-20-11)12(18)15-16-13(21)14-8(3)6-19-5/h7-8H,6H2,1-5H3,(H,15,18)(H2,14,16,21)/t8-/m0/s1. The molecule has 0 aliphatic carbocycles. The molecule has 0 fully saturated rings. The van der Waals surface area contributed by atoms with Crippen LogP contribution in [0.15, 0.2) is 4.52 Å². The Bertz CT molecular complexity index is 502. The normalized spacial score (nSPS) is 12.1. The molecule has 0 saturated heterocycles. The van der Waals surface area contributed by atoms with E-state index in [0.29, 0.717) is 28.7 Å². The zero-order chi connectivity index (χ0) is 16.0. The van der Waals surface area contributed by atoms with Crippen molar-refractivity contribution >= 4 is 23.2 Å². The molecule has 0 unspecified atom stereocenters. The number of amides is 1. The van der Waals surface area contributed by atoms with Gasteiger partial charge in [0.05, 0.1) is 12.3 Å². The highest BCUT2D eigenvalue weighted by atomic mass is 32.1. The molecular weight excluding hydrogens is 292 g/mol. The number of hydrazine groups is 1. The van der Waals surface area contributed by atoms with Crippen molar-refractivity contribution < 1.29 is 14.1 Å². The van der Waals surface area contributed by atoms with Gasteiger partial charge in [0.1, 0.15) is 5.56 Å². The Morgan fingerprint density at radius 3 is 2.62 bits per heavy atom. The first-order valence-corrected chi connectivity index (χ1v) is 7.09. The van der Waals surface area contributed by atoms with Crippen LogP contribution in [0.2, 0.25) is 0 Å². The minimum Gasteiger partial charge on any atom is -0.383 e. The molecule has 1 amide bonds. The van der Waals surface area contributed by atoms with E-state index >= 15 is 0 Å². The van der Waals surface area contributed by atoms with Crippen molar-refractivity contribution in [2.45, 2.75) is 39.7 Å². The molecule has 0 aromatic carbocycles. The van der Waals surface area contributed by atoms with Gasteiger partial charge in [-0.05, 0) is 26.1 Å². The average molecular weight is 314 g/mol. The SMILES string of the molecule is COC[C@H](C)NC(=S)NNC(=O)c1c(C)noc1C(C)C. The quantitative estimate of drug-likeness (QED) is 0.557. The second kappa shape index (κ2) is 7.94. The fraction of sp³-hybridized carbons (Fsp3) is 0.615. The lowest BCUT2D eigenvalue weighted by Crippen LogP contribution is -2.50. The molecule has 118 valence electrons. The maximum atomic E-state index is 12.2. The molecule has 0 aliphatic heterocycles. The van der Waals surface area contributed by atoms with Crippen molar-refractivity contribution in [2.75, 3.05) is 13.7 Å². The molecule has 0 bridgehead atoms. The summed E-state index contributed by atoms with van der Waals surface area (Å²) in [6.07, 6.45) is 0. The number of hydrogen-bond acceptors (Lipinski definition) is 5. The molecule has 21 heavy (non-hydrogen) atoms. The molecule has 0 aliphatic rings. The Morgan fingerprint density at radius 2 is 2.05 bits per heavy atom. The Labute approximate surface area is 129 Å². The maximum Gasteiger partial charge on any atom is 0.275 e. The van der Waals surface area contributed by atoms with E-state index < -0.39 is 0 Å². The zero-order valence-electron chi connectivity index (χ0n) is 12.9. The van der Waals surface area contributed by atoms with Gasteiger partial charge in [-0.15, -0.1) is 0 Å². The number of ether oxygens (including phenoxy) is 1. The highest BCUT2D eigenvalue weighted by molar-refractivity contribution is 7.80. The lowest BCUT2D eigenvalue weighted by molar-refractivity contribution is 0.0940. The number of methoxy groups -OCH3 is 1. The third kappa shape index (κ3) is 4.98. The molecule has 1 heterocycles. The maximum absolute atomic E-state index is 12.2. The second-order valence-electron chi connectivity index (χ2n) is 5.07. The van der Waals surface area contributed by atoms with Crippen molar-refractivity contribution in [3.05, 3.63) is 17.0 Å². The van der Waals surface area contributed by atoms with E-state index in [2.05, 4.69) is 21.3 Å². The van der Waals surface area contributed by atoms with E-state index in [-0.39, 0.29) is 17.9 Å². The minimum absolute atomic E-state index is 0.0375. The molecule has 7 nitrogen and oxygen atoms in total. The summed E-state index contributed by atoms with van der Waals surface area (Å²) in [5, 5.41) is 7.12. The Balaban J connectivity index is 2.58. The van der Waals surface area contributed by atoms with Crippen LogP contribution in [0.3, 0.4) is 0 Å². The van der Waals surface area contributed by atoms with Crippen LogP contribution in [0.4, 0.5) is 0 Å². The Morgan fingerprint density at radius 1 is 1.38 bits per heavy atom. The average Bonchev–Trinajstić information content (AvgIpc) is 2.78. The van der Waals surface area contributed by atoms with Gasteiger partial charge in [0.2, 0.25) is 0 Å². The summed E-state index contributed by atoms with van der Waals surface area (Å²) in [6, 6.07) is 0.0375. The van der Waals surface area contributed by atoms with Crippen LogP contribution >= 0.6 is 12.2 Å². The van der Waals surface area contributed by atoms with E-state index in [0.717, 1.165) is 0 Å². The van der Waals surface area contributed by atoms with Crippen LogP contribution in [0.1, 0.15) is 48.5 Å². The third-order valence-electron chi connectivity index (χ3n) is 2.72. The van der Waals surface area contributed by atoms with Crippen molar-refractivity contribution in [1.29, 1.82) is 0 Å². The van der Waals surface area contributed by atoms with Gasteiger partial charge in [-0.1, -0.05) is 19.0 Å². The molecule has 3 N–H and O–H groups in total. The Kier molecular flexibility index (Phi) is 6.57. The molecule has 8 heteroatoms. The second-order valence-corrected chi connectivity index (χ2v) is 5.48. The summed E-state index contributed by atoms with van der Waals surface area (Å²) in [7, 11) is 1.61. The summed E-state index contributed by atoms with van der Waals surface area (Å²) in [5.74, 6) is 0.290. The highest BCUT2D eigenvalue weighted by Gasteiger charge is 2.22. The first-order valence-electron chi connectivity index (χ1n) is 6.68. The predicted octanol–water partition coefficient (Wildman–Crippen LogP) is 1.25. The van der Waals surface area contributed by atoms with E-state index in [1.807, 2.05) is 20.8 Å². The summed E-state index contributed by atoms with van der Waals surface area (Å²) in [5.41, 5.74) is 6.17. The summed E-state index contributed by atoms with van der Waals surface area (Å²) >= 11 is 5.08.